The summed E-state index contributed by atoms with van der Waals surface area (Å²) in [5, 5.41) is 11.4. The van der Waals surface area contributed by atoms with Crippen LogP contribution in [0.25, 0.3) is 0 Å². The molecule has 9 heteroatoms. The number of hydrogen-bond acceptors (Lipinski definition) is 5. The molecule has 0 saturated carbocycles. The standard InChI is InChI=1S/C11H23N3O5S/c1-19-6-4-13-20(17,18)14-5-2-3-10(9-14)7-12-8-11(15)16/h10,12-13H,2-9H2,1H3,(H,15,16). The van der Waals surface area contributed by atoms with Crippen molar-refractivity contribution in [2.45, 2.75) is 12.8 Å². The first kappa shape index (κ1) is 17.3. The van der Waals surface area contributed by atoms with Crippen LogP contribution in [0, 0.1) is 5.92 Å². The van der Waals surface area contributed by atoms with E-state index in [9.17, 15) is 13.2 Å². The van der Waals surface area contributed by atoms with Gasteiger partial charge in [-0.15, -0.1) is 0 Å². The number of carboxylic acids is 1. The van der Waals surface area contributed by atoms with Crippen LogP contribution in [0.15, 0.2) is 0 Å². The van der Waals surface area contributed by atoms with Gasteiger partial charge in [-0.2, -0.15) is 17.4 Å². The maximum Gasteiger partial charge on any atom is 0.317 e. The van der Waals surface area contributed by atoms with Gasteiger partial charge in [0.25, 0.3) is 10.2 Å². The number of piperidine rings is 1. The van der Waals surface area contributed by atoms with E-state index in [1.165, 1.54) is 11.4 Å². The van der Waals surface area contributed by atoms with Crippen molar-refractivity contribution in [1.82, 2.24) is 14.3 Å². The zero-order valence-electron chi connectivity index (χ0n) is 11.7. The summed E-state index contributed by atoms with van der Waals surface area (Å²) in [7, 11) is -1.96. The van der Waals surface area contributed by atoms with Crippen molar-refractivity contribution in [1.29, 1.82) is 0 Å². The van der Waals surface area contributed by atoms with Gasteiger partial charge in [-0.3, -0.25) is 4.79 Å². The third kappa shape index (κ3) is 6.14. The molecule has 1 heterocycles. The zero-order chi connectivity index (χ0) is 15.0. The molecule has 0 amide bonds. The van der Waals surface area contributed by atoms with Crippen molar-refractivity contribution in [3.63, 3.8) is 0 Å². The Kier molecular flexibility index (Phi) is 7.38. The number of carbonyl (C=O) groups is 1. The van der Waals surface area contributed by atoms with Crippen LogP contribution in [0.3, 0.4) is 0 Å². The van der Waals surface area contributed by atoms with E-state index < -0.39 is 16.2 Å². The second kappa shape index (κ2) is 8.53. The van der Waals surface area contributed by atoms with Gasteiger partial charge in [0.2, 0.25) is 0 Å². The predicted octanol–water partition coefficient (Wildman–Crippen LogP) is -1.15. The van der Waals surface area contributed by atoms with Gasteiger partial charge in [-0.25, -0.2) is 0 Å². The number of ether oxygens (including phenoxy) is 1. The van der Waals surface area contributed by atoms with Gasteiger partial charge in [-0.05, 0) is 25.3 Å². The fourth-order valence-corrected chi connectivity index (χ4v) is 3.46. The summed E-state index contributed by atoms with van der Waals surface area (Å²) < 4.78 is 32.8. The molecule has 3 N–H and O–H groups in total. The Morgan fingerprint density at radius 3 is 2.90 bits per heavy atom. The molecule has 1 aliphatic rings. The quantitative estimate of drug-likeness (QED) is 0.464. The van der Waals surface area contributed by atoms with Crippen molar-refractivity contribution in [2.24, 2.45) is 5.92 Å². The molecule has 1 saturated heterocycles. The largest absolute Gasteiger partial charge is 0.480 e. The lowest BCUT2D eigenvalue weighted by Crippen LogP contribution is -2.48. The fourth-order valence-electron chi connectivity index (χ4n) is 2.16. The minimum Gasteiger partial charge on any atom is -0.480 e. The van der Waals surface area contributed by atoms with Crippen molar-refractivity contribution in [3.8, 4) is 0 Å². The highest BCUT2D eigenvalue weighted by atomic mass is 32.2. The smallest absolute Gasteiger partial charge is 0.317 e. The Morgan fingerprint density at radius 2 is 2.25 bits per heavy atom. The molecule has 1 unspecified atom stereocenters. The normalized spacial score (nSPS) is 20.9. The van der Waals surface area contributed by atoms with Crippen LogP contribution in [0.4, 0.5) is 0 Å². The fraction of sp³-hybridized carbons (Fsp3) is 0.909. The Labute approximate surface area is 119 Å². The molecule has 8 nitrogen and oxygen atoms in total. The lowest BCUT2D eigenvalue weighted by atomic mass is 10.00. The summed E-state index contributed by atoms with van der Waals surface area (Å²) in [5.41, 5.74) is 0. The first-order valence-electron chi connectivity index (χ1n) is 6.62. The number of carboxylic acid groups (broad SMARTS) is 1. The van der Waals surface area contributed by atoms with E-state index >= 15 is 0 Å². The molecule has 20 heavy (non-hydrogen) atoms. The highest BCUT2D eigenvalue weighted by molar-refractivity contribution is 7.87. The second-order valence-electron chi connectivity index (χ2n) is 4.78. The molecule has 1 atom stereocenters. The first-order valence-corrected chi connectivity index (χ1v) is 8.06. The van der Waals surface area contributed by atoms with Crippen LogP contribution in [0.2, 0.25) is 0 Å². The van der Waals surface area contributed by atoms with Gasteiger partial charge in [0.1, 0.15) is 0 Å². The molecule has 1 rings (SSSR count). The number of hydrogen-bond donors (Lipinski definition) is 3. The maximum atomic E-state index is 12.0. The monoisotopic (exact) mass is 309 g/mol. The topological polar surface area (TPSA) is 108 Å². The highest BCUT2D eigenvalue weighted by Gasteiger charge is 2.28. The molecule has 0 spiro atoms. The average molecular weight is 309 g/mol. The lowest BCUT2D eigenvalue weighted by Gasteiger charge is -2.31. The van der Waals surface area contributed by atoms with Gasteiger partial charge in [0.05, 0.1) is 13.2 Å². The molecule has 118 valence electrons. The minimum absolute atomic E-state index is 0.102. The Bertz CT molecular complexity index is 401. The van der Waals surface area contributed by atoms with Crippen LogP contribution in [0.1, 0.15) is 12.8 Å². The Morgan fingerprint density at radius 1 is 1.50 bits per heavy atom. The van der Waals surface area contributed by atoms with E-state index in [0.29, 0.717) is 26.2 Å². The molecule has 1 fully saturated rings. The molecule has 0 bridgehead atoms. The third-order valence-corrected chi connectivity index (χ3v) is 4.70. The van der Waals surface area contributed by atoms with Crippen LogP contribution in [-0.2, 0) is 19.7 Å². The van der Waals surface area contributed by atoms with Gasteiger partial charge in [-0.1, -0.05) is 0 Å². The summed E-state index contributed by atoms with van der Waals surface area (Å²) in [5.74, 6) is -0.770. The Balaban J connectivity index is 2.40. The summed E-state index contributed by atoms with van der Waals surface area (Å²) in [6.45, 7) is 1.90. The van der Waals surface area contributed by atoms with E-state index in [2.05, 4.69) is 10.0 Å². The predicted molar refractivity (Wildman–Crippen MR) is 73.6 cm³/mol. The van der Waals surface area contributed by atoms with Crippen molar-refractivity contribution in [3.05, 3.63) is 0 Å². The zero-order valence-corrected chi connectivity index (χ0v) is 12.5. The van der Waals surface area contributed by atoms with Gasteiger partial charge in [0.15, 0.2) is 0 Å². The van der Waals surface area contributed by atoms with Crippen LogP contribution in [0.5, 0.6) is 0 Å². The van der Waals surface area contributed by atoms with E-state index in [4.69, 9.17) is 9.84 Å². The number of nitrogens with zero attached hydrogens (tertiary/aromatic N) is 1. The first-order chi connectivity index (χ1) is 9.45. The SMILES string of the molecule is COCCNS(=O)(=O)N1CCCC(CNCC(=O)O)C1. The second-order valence-corrected chi connectivity index (χ2v) is 6.54. The third-order valence-electron chi connectivity index (χ3n) is 3.12. The highest BCUT2D eigenvalue weighted by Crippen LogP contribution is 2.17. The summed E-state index contributed by atoms with van der Waals surface area (Å²) in [4.78, 5) is 10.4. The van der Waals surface area contributed by atoms with Crippen molar-refractivity contribution < 1.29 is 23.1 Å². The van der Waals surface area contributed by atoms with Crippen LogP contribution >= 0.6 is 0 Å². The molecule has 1 aliphatic heterocycles. The molecular formula is C11H23N3O5S. The molecular weight excluding hydrogens is 286 g/mol. The minimum atomic E-state index is -3.47. The van der Waals surface area contributed by atoms with Crippen LogP contribution in [-0.4, -0.2) is 70.2 Å². The van der Waals surface area contributed by atoms with E-state index in [-0.39, 0.29) is 19.0 Å². The van der Waals surface area contributed by atoms with E-state index in [1.807, 2.05) is 0 Å². The van der Waals surface area contributed by atoms with Gasteiger partial charge < -0.3 is 15.2 Å². The Hall–Kier alpha value is -0.740. The number of aliphatic carboxylic acids is 1. The van der Waals surface area contributed by atoms with Crippen molar-refractivity contribution >= 4 is 16.2 Å². The maximum absolute atomic E-state index is 12.0. The number of nitrogens with one attached hydrogen (secondary N) is 2. The number of rotatable bonds is 9. The van der Waals surface area contributed by atoms with E-state index in [0.717, 1.165) is 12.8 Å². The molecule has 0 aliphatic carbocycles. The summed E-state index contributed by atoms with van der Waals surface area (Å²) in [6.07, 6.45) is 1.68. The van der Waals surface area contributed by atoms with Gasteiger partial charge >= 0.3 is 5.97 Å². The summed E-state index contributed by atoms with van der Waals surface area (Å²) >= 11 is 0. The summed E-state index contributed by atoms with van der Waals surface area (Å²) in [6, 6.07) is 0. The molecule has 0 aromatic carbocycles. The molecule has 0 aromatic rings. The van der Waals surface area contributed by atoms with E-state index in [1.54, 1.807) is 0 Å². The van der Waals surface area contributed by atoms with Crippen LogP contribution < -0.4 is 10.0 Å². The molecule has 0 aromatic heterocycles. The average Bonchev–Trinajstić information content (AvgIpc) is 2.39. The number of methoxy groups -OCH3 is 1. The lowest BCUT2D eigenvalue weighted by molar-refractivity contribution is -0.136. The molecule has 0 radical (unpaired) electrons. The van der Waals surface area contributed by atoms with Crippen molar-refractivity contribution in [2.75, 3.05) is 46.4 Å². The van der Waals surface area contributed by atoms with Gasteiger partial charge in [0, 0.05) is 26.7 Å².